The summed E-state index contributed by atoms with van der Waals surface area (Å²) in [5.74, 6) is -0.0758. The van der Waals surface area contributed by atoms with E-state index in [1.807, 2.05) is 65.2 Å². The second-order valence-electron chi connectivity index (χ2n) is 7.43. The Morgan fingerprint density at radius 2 is 1.71 bits per heavy atom. The topological polar surface area (TPSA) is 69.9 Å². The zero-order valence-electron chi connectivity index (χ0n) is 18.0. The molecule has 0 aliphatic heterocycles. The quantitative estimate of drug-likeness (QED) is 0.232. The smallest absolute Gasteiger partial charge is 0.316 e. The molecule has 5 aromatic rings. The summed E-state index contributed by atoms with van der Waals surface area (Å²) >= 11 is 1.23. The van der Waals surface area contributed by atoms with E-state index in [9.17, 15) is 9.18 Å². The fraction of sp³-hybridized carbons (Fsp3) is 0.0769. The van der Waals surface area contributed by atoms with Crippen molar-refractivity contribution in [3.63, 3.8) is 0 Å². The molecule has 2 aromatic heterocycles. The highest BCUT2D eigenvalue weighted by Gasteiger charge is 2.18. The Bertz CT molecular complexity index is 1430. The number of halogens is 1. The van der Waals surface area contributed by atoms with Crippen molar-refractivity contribution < 1.29 is 13.9 Å². The highest BCUT2D eigenvalue weighted by atomic mass is 32.2. The number of pyridine rings is 1. The number of hydrogen-bond donors (Lipinski definition) is 0. The average Bonchev–Trinajstić information content (AvgIpc) is 3.31. The lowest BCUT2D eigenvalue weighted by Gasteiger charge is -2.10. The number of para-hydroxylation sites is 2. The van der Waals surface area contributed by atoms with Crippen LogP contribution in [0.5, 0.6) is 0 Å². The first-order valence-corrected chi connectivity index (χ1v) is 11.6. The Morgan fingerprint density at radius 3 is 2.53 bits per heavy atom. The van der Waals surface area contributed by atoms with Gasteiger partial charge in [0.1, 0.15) is 12.4 Å². The summed E-state index contributed by atoms with van der Waals surface area (Å²) in [5.41, 5.74) is 3.22. The number of rotatable bonds is 7. The lowest BCUT2D eigenvalue weighted by Crippen LogP contribution is -2.09. The molecule has 0 spiro atoms. The van der Waals surface area contributed by atoms with Crippen LogP contribution >= 0.6 is 11.8 Å². The maximum absolute atomic E-state index is 13.4. The summed E-state index contributed by atoms with van der Waals surface area (Å²) in [6.07, 6.45) is 1.72. The molecule has 34 heavy (non-hydrogen) atoms. The summed E-state index contributed by atoms with van der Waals surface area (Å²) in [6, 6.07) is 25.3. The van der Waals surface area contributed by atoms with Crippen LogP contribution in [0.25, 0.3) is 28.0 Å². The van der Waals surface area contributed by atoms with E-state index in [0.717, 1.165) is 27.7 Å². The number of fused-ring (bicyclic) bond motifs is 1. The first-order chi connectivity index (χ1) is 16.7. The van der Waals surface area contributed by atoms with E-state index in [2.05, 4.69) is 15.2 Å². The van der Waals surface area contributed by atoms with Gasteiger partial charge in [-0.3, -0.25) is 14.3 Å². The number of thioether (sulfide) groups is 1. The number of benzene rings is 3. The van der Waals surface area contributed by atoms with E-state index in [0.29, 0.717) is 11.0 Å². The van der Waals surface area contributed by atoms with Crippen LogP contribution in [0.15, 0.2) is 96.3 Å². The standard InChI is InChI=1S/C26H19FN4O2S/c27-21-13-11-19(12-14-21)25-29-30-26(31(25)22-9-2-1-3-10-22)34-17-23(32)33-16-20-7-4-6-18-8-5-15-28-24(18)20/h1-15H,16-17H2. The molecular formula is C26H19FN4O2S. The minimum atomic E-state index is -0.371. The van der Waals surface area contributed by atoms with E-state index >= 15 is 0 Å². The van der Waals surface area contributed by atoms with Gasteiger partial charge in [0.25, 0.3) is 0 Å². The van der Waals surface area contributed by atoms with Crippen molar-refractivity contribution >= 4 is 28.6 Å². The fourth-order valence-corrected chi connectivity index (χ4v) is 4.32. The van der Waals surface area contributed by atoms with Gasteiger partial charge < -0.3 is 4.74 Å². The van der Waals surface area contributed by atoms with Gasteiger partial charge in [0, 0.05) is 28.4 Å². The lowest BCUT2D eigenvalue weighted by atomic mass is 10.1. The van der Waals surface area contributed by atoms with Gasteiger partial charge in [0.05, 0.1) is 11.3 Å². The molecule has 0 amide bonds. The zero-order chi connectivity index (χ0) is 23.3. The van der Waals surface area contributed by atoms with Gasteiger partial charge in [-0.2, -0.15) is 0 Å². The van der Waals surface area contributed by atoms with Crippen molar-refractivity contribution in [1.82, 2.24) is 19.7 Å². The SMILES string of the molecule is O=C(CSc1nnc(-c2ccc(F)cc2)n1-c1ccccc1)OCc1cccc2cccnc12. The molecule has 6 nitrogen and oxygen atoms in total. The van der Waals surface area contributed by atoms with Crippen molar-refractivity contribution in [2.24, 2.45) is 0 Å². The Hall–Kier alpha value is -4.04. The largest absolute Gasteiger partial charge is 0.460 e. The molecule has 0 aliphatic carbocycles. The minimum absolute atomic E-state index is 0.0621. The molecule has 0 bridgehead atoms. The van der Waals surface area contributed by atoms with Crippen LogP contribution in [0.1, 0.15) is 5.56 Å². The molecule has 0 unspecified atom stereocenters. The normalized spacial score (nSPS) is 11.0. The number of carbonyl (C=O) groups excluding carboxylic acids is 1. The molecule has 0 radical (unpaired) electrons. The number of esters is 1. The van der Waals surface area contributed by atoms with E-state index in [1.165, 1.54) is 23.9 Å². The van der Waals surface area contributed by atoms with Crippen LogP contribution in [-0.4, -0.2) is 31.5 Å². The van der Waals surface area contributed by atoms with Gasteiger partial charge >= 0.3 is 5.97 Å². The first-order valence-electron chi connectivity index (χ1n) is 10.6. The molecule has 0 aliphatic rings. The van der Waals surface area contributed by atoms with Crippen molar-refractivity contribution in [3.05, 3.63) is 103 Å². The molecule has 0 N–H and O–H groups in total. The monoisotopic (exact) mass is 470 g/mol. The summed E-state index contributed by atoms with van der Waals surface area (Å²) < 4.78 is 20.8. The third kappa shape index (κ3) is 4.67. The number of carbonyl (C=O) groups is 1. The molecule has 0 atom stereocenters. The van der Waals surface area contributed by atoms with Gasteiger partial charge in [-0.05, 0) is 42.5 Å². The van der Waals surface area contributed by atoms with Crippen LogP contribution < -0.4 is 0 Å². The molecule has 8 heteroatoms. The third-order valence-electron chi connectivity index (χ3n) is 5.17. The third-order valence-corrected chi connectivity index (χ3v) is 6.08. The molecule has 0 saturated heterocycles. The van der Waals surface area contributed by atoms with Gasteiger partial charge in [-0.25, -0.2) is 4.39 Å². The maximum Gasteiger partial charge on any atom is 0.316 e. The summed E-state index contributed by atoms with van der Waals surface area (Å²) in [6.45, 7) is 0.139. The Morgan fingerprint density at radius 1 is 0.912 bits per heavy atom. The highest BCUT2D eigenvalue weighted by Crippen LogP contribution is 2.28. The first kappa shape index (κ1) is 21.8. The van der Waals surface area contributed by atoms with Crippen molar-refractivity contribution in [1.29, 1.82) is 0 Å². The van der Waals surface area contributed by atoms with Gasteiger partial charge in [-0.1, -0.05) is 54.2 Å². The van der Waals surface area contributed by atoms with Crippen molar-refractivity contribution in [2.45, 2.75) is 11.8 Å². The molecule has 3 aromatic carbocycles. The van der Waals surface area contributed by atoms with Gasteiger partial charge in [0.15, 0.2) is 11.0 Å². The molecule has 2 heterocycles. The molecule has 0 fully saturated rings. The Kier molecular flexibility index (Phi) is 6.31. The van der Waals surface area contributed by atoms with Crippen LogP contribution in [0.2, 0.25) is 0 Å². The molecule has 0 saturated carbocycles. The Balaban J connectivity index is 1.33. The van der Waals surface area contributed by atoms with Crippen LogP contribution in [0.4, 0.5) is 4.39 Å². The second kappa shape index (κ2) is 9.84. The Labute approximate surface area is 199 Å². The summed E-state index contributed by atoms with van der Waals surface area (Å²) in [7, 11) is 0. The van der Waals surface area contributed by atoms with Crippen LogP contribution in [0, 0.1) is 5.82 Å². The van der Waals surface area contributed by atoms with Crippen molar-refractivity contribution in [3.8, 4) is 17.1 Å². The predicted octanol–water partition coefficient (Wildman–Crippen LogP) is 5.46. The molecule has 5 rings (SSSR count). The van der Waals surface area contributed by atoms with E-state index in [-0.39, 0.29) is 24.1 Å². The van der Waals surface area contributed by atoms with Crippen molar-refractivity contribution in [2.75, 3.05) is 5.75 Å². The van der Waals surface area contributed by atoms with Gasteiger partial charge in [0.2, 0.25) is 0 Å². The van der Waals surface area contributed by atoms with E-state index < -0.39 is 0 Å². The summed E-state index contributed by atoms with van der Waals surface area (Å²) in [4.78, 5) is 16.9. The van der Waals surface area contributed by atoms with Crippen LogP contribution in [0.3, 0.4) is 0 Å². The van der Waals surface area contributed by atoms with E-state index in [4.69, 9.17) is 4.74 Å². The fourth-order valence-electron chi connectivity index (χ4n) is 3.57. The average molecular weight is 471 g/mol. The number of hydrogen-bond acceptors (Lipinski definition) is 6. The summed E-state index contributed by atoms with van der Waals surface area (Å²) in [5, 5.41) is 10.1. The lowest BCUT2D eigenvalue weighted by molar-refractivity contribution is -0.141. The second-order valence-corrected chi connectivity index (χ2v) is 8.37. The van der Waals surface area contributed by atoms with Crippen LogP contribution in [-0.2, 0) is 16.1 Å². The number of ether oxygens (including phenoxy) is 1. The number of aromatic nitrogens is 4. The van der Waals surface area contributed by atoms with Gasteiger partial charge in [-0.15, -0.1) is 10.2 Å². The number of nitrogens with zero attached hydrogens (tertiary/aromatic N) is 4. The zero-order valence-corrected chi connectivity index (χ0v) is 18.8. The highest BCUT2D eigenvalue weighted by molar-refractivity contribution is 7.99. The molecule has 168 valence electrons. The van der Waals surface area contributed by atoms with E-state index in [1.54, 1.807) is 18.3 Å². The minimum Gasteiger partial charge on any atom is -0.460 e. The molecular weight excluding hydrogens is 451 g/mol. The predicted molar refractivity (Wildman–Crippen MR) is 129 cm³/mol. The maximum atomic E-state index is 13.4.